The minimum atomic E-state index is -4.59. The normalized spacial score (nSPS) is 19.4. The molecule has 0 N–H and O–H groups in total. The third kappa shape index (κ3) is 3.40. The van der Waals surface area contributed by atoms with Crippen LogP contribution in [0, 0.1) is 5.92 Å². The largest absolute Gasteiger partial charge is 0.497 e. The van der Waals surface area contributed by atoms with Gasteiger partial charge in [-0.3, -0.25) is 4.79 Å². The first-order valence-corrected chi connectivity index (χ1v) is 7.79. The molecule has 1 aromatic rings. The lowest BCUT2D eigenvalue weighted by Crippen LogP contribution is -2.25. The maximum Gasteiger partial charge on any atom is 0.302 e. The van der Waals surface area contributed by atoms with E-state index in [-0.39, 0.29) is 18.9 Å². The van der Waals surface area contributed by atoms with E-state index in [4.69, 9.17) is 16.3 Å². The van der Waals surface area contributed by atoms with Gasteiger partial charge in [0.15, 0.2) is 0 Å². The first-order chi connectivity index (χ1) is 9.30. The Bertz CT molecular complexity index is 634. The van der Waals surface area contributed by atoms with Gasteiger partial charge in [-0.2, -0.15) is 8.42 Å². The second kappa shape index (κ2) is 5.57. The summed E-state index contributed by atoms with van der Waals surface area (Å²) in [6, 6.07) is 4.82. The topological polar surface area (TPSA) is 63.7 Å². The molecule has 0 aromatic heterocycles. The van der Waals surface area contributed by atoms with Crippen LogP contribution in [-0.2, 0) is 15.0 Å². The number of carbonyl (C=O) groups excluding carboxylic acids is 1. The van der Waals surface area contributed by atoms with Gasteiger partial charge in [0.25, 0.3) is 0 Å². The number of rotatable bonds is 4. The zero-order chi connectivity index (χ0) is 14.9. The van der Waals surface area contributed by atoms with Gasteiger partial charge in [-0.1, -0.05) is 11.6 Å². The molecule has 1 aliphatic heterocycles. The molecule has 8 heteroatoms. The number of anilines is 1. The summed E-state index contributed by atoms with van der Waals surface area (Å²) in [7, 11) is -3.09. The van der Waals surface area contributed by atoms with Crippen LogP contribution in [0.5, 0.6) is 5.75 Å². The van der Waals surface area contributed by atoms with Crippen LogP contribution in [0.3, 0.4) is 0 Å². The van der Waals surface area contributed by atoms with Crippen LogP contribution in [0.2, 0.25) is 5.02 Å². The molecule has 0 spiro atoms. The highest BCUT2D eigenvalue weighted by Gasteiger charge is 2.34. The van der Waals surface area contributed by atoms with Crippen LogP contribution in [0.4, 0.5) is 9.57 Å². The van der Waals surface area contributed by atoms with Crippen molar-refractivity contribution in [1.82, 2.24) is 0 Å². The average Bonchev–Trinajstić information content (AvgIpc) is 2.67. The number of carbonyl (C=O) groups is 1. The van der Waals surface area contributed by atoms with Gasteiger partial charge in [0.2, 0.25) is 5.91 Å². The Labute approximate surface area is 121 Å². The van der Waals surface area contributed by atoms with E-state index < -0.39 is 21.9 Å². The summed E-state index contributed by atoms with van der Waals surface area (Å²) in [5, 5.41) is 0.321. The summed E-state index contributed by atoms with van der Waals surface area (Å²) in [6.45, 7) is 0.133. The molecule has 1 unspecified atom stereocenters. The van der Waals surface area contributed by atoms with Crippen LogP contribution in [-0.4, -0.2) is 33.7 Å². The fourth-order valence-corrected chi connectivity index (χ4v) is 3.30. The number of methoxy groups -OCH3 is 1. The molecule has 110 valence electrons. The number of amides is 1. The fraction of sp³-hybridized carbons (Fsp3) is 0.417. The molecule has 1 amide bonds. The molecule has 1 atom stereocenters. The number of benzene rings is 1. The molecule has 1 fully saturated rings. The number of hydrogen-bond donors (Lipinski definition) is 0. The van der Waals surface area contributed by atoms with Gasteiger partial charge in [-0.25, -0.2) is 0 Å². The molecule has 0 radical (unpaired) electrons. The minimum absolute atomic E-state index is 0.00842. The molecular formula is C12H13ClFNO4S. The van der Waals surface area contributed by atoms with Crippen molar-refractivity contribution in [2.45, 2.75) is 6.42 Å². The summed E-state index contributed by atoms with van der Waals surface area (Å²) in [4.78, 5) is 13.3. The molecular weight excluding hydrogens is 309 g/mol. The summed E-state index contributed by atoms with van der Waals surface area (Å²) in [6.07, 6.45) is -0.00842. The van der Waals surface area contributed by atoms with Crippen LogP contribution in [0.25, 0.3) is 0 Å². The average molecular weight is 322 g/mol. The highest BCUT2D eigenvalue weighted by molar-refractivity contribution is 7.86. The molecule has 5 nitrogen and oxygen atoms in total. The van der Waals surface area contributed by atoms with E-state index in [9.17, 15) is 17.1 Å². The van der Waals surface area contributed by atoms with Crippen molar-refractivity contribution in [2.75, 3.05) is 24.3 Å². The Morgan fingerprint density at radius 2 is 2.20 bits per heavy atom. The van der Waals surface area contributed by atoms with E-state index in [0.717, 1.165) is 0 Å². The maximum absolute atomic E-state index is 12.7. The van der Waals surface area contributed by atoms with Crippen molar-refractivity contribution in [2.24, 2.45) is 5.92 Å². The molecule has 20 heavy (non-hydrogen) atoms. The predicted molar refractivity (Wildman–Crippen MR) is 73.4 cm³/mol. The van der Waals surface area contributed by atoms with Crippen LogP contribution in [0.15, 0.2) is 18.2 Å². The fourth-order valence-electron chi connectivity index (χ4n) is 2.24. The first-order valence-electron chi connectivity index (χ1n) is 5.86. The van der Waals surface area contributed by atoms with Gasteiger partial charge in [0, 0.05) is 24.9 Å². The third-order valence-corrected chi connectivity index (χ3v) is 4.26. The highest BCUT2D eigenvalue weighted by Crippen LogP contribution is 2.34. The van der Waals surface area contributed by atoms with Gasteiger partial charge in [0.05, 0.1) is 23.6 Å². The molecule has 1 heterocycles. The Morgan fingerprint density at radius 1 is 1.50 bits per heavy atom. The van der Waals surface area contributed by atoms with E-state index in [1.54, 1.807) is 18.2 Å². The lowest BCUT2D eigenvalue weighted by atomic mass is 10.1. The molecule has 1 saturated heterocycles. The van der Waals surface area contributed by atoms with Gasteiger partial charge >= 0.3 is 10.2 Å². The summed E-state index contributed by atoms with van der Waals surface area (Å²) >= 11 is 6.07. The lowest BCUT2D eigenvalue weighted by Gasteiger charge is -2.18. The van der Waals surface area contributed by atoms with Crippen molar-refractivity contribution in [3.8, 4) is 5.75 Å². The monoisotopic (exact) mass is 321 g/mol. The Kier molecular flexibility index (Phi) is 4.19. The summed E-state index contributed by atoms with van der Waals surface area (Å²) < 4.78 is 39.0. The van der Waals surface area contributed by atoms with E-state index >= 15 is 0 Å². The highest BCUT2D eigenvalue weighted by atomic mass is 35.5. The summed E-state index contributed by atoms with van der Waals surface area (Å²) in [5.74, 6) is -0.933. The van der Waals surface area contributed by atoms with Gasteiger partial charge in [0.1, 0.15) is 5.75 Å². The number of nitrogens with zero attached hydrogens (tertiary/aromatic N) is 1. The summed E-state index contributed by atoms with van der Waals surface area (Å²) in [5.41, 5.74) is 0.469. The molecule has 0 saturated carbocycles. The van der Waals surface area contributed by atoms with Crippen LogP contribution >= 0.6 is 11.6 Å². The first kappa shape index (κ1) is 15.1. The standard InChI is InChI=1S/C12H13ClFNO4S/c1-19-9-2-3-11(10(13)5-9)15-6-8(4-12(15)16)7-20(14,17)18/h2-3,5,8H,4,6-7H2,1H3. The number of hydrogen-bond acceptors (Lipinski definition) is 4. The molecule has 2 rings (SSSR count). The minimum Gasteiger partial charge on any atom is -0.497 e. The third-order valence-electron chi connectivity index (χ3n) is 3.09. The SMILES string of the molecule is COc1ccc(N2CC(CS(=O)(=O)F)CC2=O)c(Cl)c1. The van der Waals surface area contributed by atoms with Crippen molar-refractivity contribution in [3.05, 3.63) is 23.2 Å². The quantitative estimate of drug-likeness (QED) is 0.796. The molecule has 1 aliphatic rings. The van der Waals surface area contributed by atoms with Gasteiger partial charge < -0.3 is 9.64 Å². The predicted octanol–water partition coefficient (Wildman–Crippen LogP) is 2.00. The zero-order valence-electron chi connectivity index (χ0n) is 10.7. The Morgan fingerprint density at radius 3 is 2.75 bits per heavy atom. The van der Waals surface area contributed by atoms with Crippen LogP contribution < -0.4 is 9.64 Å². The van der Waals surface area contributed by atoms with Gasteiger partial charge in [-0.05, 0) is 12.1 Å². The Hall–Kier alpha value is -1.34. The van der Waals surface area contributed by atoms with E-state index in [2.05, 4.69) is 0 Å². The molecule has 0 bridgehead atoms. The molecule has 1 aromatic carbocycles. The van der Waals surface area contributed by atoms with Crippen molar-refractivity contribution < 1.29 is 21.8 Å². The molecule has 0 aliphatic carbocycles. The van der Waals surface area contributed by atoms with E-state index in [1.807, 2.05) is 0 Å². The second-order valence-corrected chi connectivity index (χ2v) is 6.42. The maximum atomic E-state index is 12.7. The second-order valence-electron chi connectivity index (χ2n) is 4.60. The van der Waals surface area contributed by atoms with Crippen molar-refractivity contribution >= 4 is 33.4 Å². The van der Waals surface area contributed by atoms with Crippen LogP contribution in [0.1, 0.15) is 6.42 Å². The van der Waals surface area contributed by atoms with E-state index in [1.165, 1.54) is 12.0 Å². The van der Waals surface area contributed by atoms with Gasteiger partial charge in [-0.15, -0.1) is 3.89 Å². The van der Waals surface area contributed by atoms with Crippen molar-refractivity contribution in [1.29, 1.82) is 0 Å². The van der Waals surface area contributed by atoms with E-state index in [0.29, 0.717) is 16.5 Å². The zero-order valence-corrected chi connectivity index (χ0v) is 12.2. The Balaban J connectivity index is 2.20. The smallest absolute Gasteiger partial charge is 0.302 e. The van der Waals surface area contributed by atoms with Crippen molar-refractivity contribution in [3.63, 3.8) is 0 Å². The number of ether oxygens (including phenoxy) is 1. The number of halogens is 2. The lowest BCUT2D eigenvalue weighted by molar-refractivity contribution is -0.117.